The number of fused-ring (bicyclic) bond motifs is 1. The molecule has 1 N–H and O–H groups in total. The molecule has 0 spiro atoms. The first kappa shape index (κ1) is 21.5. The molecule has 1 aliphatic carbocycles. The topological polar surface area (TPSA) is 63.9 Å². The molecule has 1 aromatic carbocycles. The third-order valence-corrected chi connectivity index (χ3v) is 6.35. The summed E-state index contributed by atoms with van der Waals surface area (Å²) in [6.07, 6.45) is 0.556. The molecule has 3 aromatic rings. The average Bonchev–Trinajstić information content (AvgIpc) is 3.44. The predicted molar refractivity (Wildman–Crippen MR) is 115 cm³/mol. The largest absolute Gasteiger partial charge is 0.573 e. The van der Waals surface area contributed by atoms with Crippen LogP contribution in [0.2, 0.25) is 5.02 Å². The van der Waals surface area contributed by atoms with Crippen molar-refractivity contribution in [3.05, 3.63) is 46.6 Å². The Labute approximate surface area is 191 Å². The fraction of sp³-hybridized carbons (Fsp3) is 0.400. The number of rotatable bonds is 8. The van der Waals surface area contributed by atoms with E-state index in [2.05, 4.69) is 24.0 Å². The van der Waals surface area contributed by atoms with Crippen LogP contribution in [0, 0.1) is 0 Å². The van der Waals surface area contributed by atoms with Crippen LogP contribution in [-0.4, -0.2) is 38.4 Å². The van der Waals surface area contributed by atoms with Gasteiger partial charge in [-0.1, -0.05) is 11.6 Å². The van der Waals surface area contributed by atoms with E-state index in [0.29, 0.717) is 17.5 Å². The van der Waals surface area contributed by atoms with Gasteiger partial charge in [0, 0.05) is 42.5 Å². The van der Waals surface area contributed by atoms with Crippen LogP contribution < -0.4 is 14.2 Å². The van der Waals surface area contributed by atoms with Crippen molar-refractivity contribution in [3.63, 3.8) is 0 Å². The molecule has 12 heteroatoms. The Bertz CT molecular complexity index is 1130. The first-order valence-electron chi connectivity index (χ1n) is 10.1. The number of nitrogens with zero attached hydrogens (tertiary/aromatic N) is 4. The van der Waals surface area contributed by atoms with Crippen LogP contribution in [0.4, 0.5) is 19.1 Å². The van der Waals surface area contributed by atoms with Crippen molar-refractivity contribution in [2.45, 2.75) is 38.1 Å². The number of hydrogen-bond donors (Lipinski definition) is 1. The van der Waals surface area contributed by atoms with Gasteiger partial charge in [-0.05, 0) is 54.5 Å². The van der Waals surface area contributed by atoms with E-state index in [9.17, 15) is 13.2 Å². The second-order valence-corrected chi connectivity index (χ2v) is 9.05. The number of anilines is 1. The molecular weight excluding hydrogens is 467 g/mol. The summed E-state index contributed by atoms with van der Waals surface area (Å²) in [5.74, 6) is 0.828. The Balaban J connectivity index is 1.35. The van der Waals surface area contributed by atoms with Gasteiger partial charge < -0.3 is 9.47 Å². The fourth-order valence-corrected chi connectivity index (χ4v) is 4.41. The molecule has 7 nitrogen and oxygen atoms in total. The highest BCUT2D eigenvalue weighted by Gasteiger charge is 2.31. The molecule has 0 radical (unpaired) electrons. The second kappa shape index (κ2) is 8.53. The van der Waals surface area contributed by atoms with Crippen LogP contribution in [0.5, 0.6) is 11.5 Å². The van der Waals surface area contributed by atoms with E-state index in [1.807, 2.05) is 16.7 Å². The fourth-order valence-electron chi connectivity index (χ4n) is 3.40. The molecular formula is C20H19ClF3N5O2S. The number of benzene rings is 1. The first-order valence-corrected chi connectivity index (χ1v) is 11.2. The Hall–Kier alpha value is -2.37. The summed E-state index contributed by atoms with van der Waals surface area (Å²) in [5, 5.41) is 8.57. The van der Waals surface area contributed by atoms with Crippen LogP contribution in [0.1, 0.15) is 36.3 Å². The zero-order valence-corrected chi connectivity index (χ0v) is 18.3. The van der Waals surface area contributed by atoms with Crippen molar-refractivity contribution < 1.29 is 22.6 Å². The highest BCUT2D eigenvalue weighted by atomic mass is 35.5. The zero-order chi connectivity index (χ0) is 22.3. The molecule has 2 aromatic heterocycles. The molecule has 5 rings (SSSR count). The molecule has 2 aliphatic rings. The van der Waals surface area contributed by atoms with E-state index in [1.54, 1.807) is 0 Å². The van der Waals surface area contributed by atoms with Crippen LogP contribution in [0.15, 0.2) is 30.5 Å². The predicted octanol–water partition coefficient (Wildman–Crippen LogP) is 5.42. The van der Waals surface area contributed by atoms with Crippen molar-refractivity contribution >= 4 is 35.3 Å². The van der Waals surface area contributed by atoms with E-state index in [4.69, 9.17) is 16.3 Å². The van der Waals surface area contributed by atoms with E-state index in [1.165, 1.54) is 30.7 Å². The lowest BCUT2D eigenvalue weighted by atomic mass is 10.1. The monoisotopic (exact) mass is 485 g/mol. The third kappa shape index (κ3) is 5.00. The summed E-state index contributed by atoms with van der Waals surface area (Å²) in [5.41, 5.74) is 2.68. The molecule has 1 saturated carbocycles. The summed E-state index contributed by atoms with van der Waals surface area (Å²) in [6.45, 7) is 2.25. The van der Waals surface area contributed by atoms with Crippen LogP contribution in [0.3, 0.4) is 0 Å². The minimum Gasteiger partial charge on any atom is -0.489 e. The Kier molecular flexibility index (Phi) is 5.72. The number of alkyl halides is 3. The van der Waals surface area contributed by atoms with Crippen LogP contribution in [0.25, 0.3) is 5.65 Å². The number of nitrogens with one attached hydrogen (secondary N) is 1. The van der Waals surface area contributed by atoms with Crippen molar-refractivity contribution in [1.29, 1.82) is 0 Å². The van der Waals surface area contributed by atoms with Gasteiger partial charge in [0.1, 0.15) is 18.1 Å². The molecule has 2 fully saturated rings. The minimum absolute atomic E-state index is 0.0903. The standard InChI is InChI=1S/C20H19ClF3N5O2S/c21-14-7-15(9-16(8-14)31-20(22,23)24)30-11-13-6-18-25-26-19(27-32-28-4-1-5-28)29(18)10-17(13)12-2-3-12/h6-10,12H,1-5,11H2,(H,26,27). The van der Waals surface area contributed by atoms with Gasteiger partial charge in [0.15, 0.2) is 5.65 Å². The number of aromatic nitrogens is 3. The van der Waals surface area contributed by atoms with Crippen molar-refractivity contribution in [2.24, 2.45) is 0 Å². The first-order chi connectivity index (χ1) is 15.3. The van der Waals surface area contributed by atoms with Gasteiger partial charge in [-0.2, -0.15) is 0 Å². The van der Waals surface area contributed by atoms with Crippen LogP contribution >= 0.6 is 23.7 Å². The Morgan fingerprint density at radius 3 is 2.59 bits per heavy atom. The number of halogens is 4. The molecule has 170 valence electrons. The molecule has 0 bridgehead atoms. The summed E-state index contributed by atoms with van der Waals surface area (Å²) in [6, 6.07) is 5.61. The van der Waals surface area contributed by atoms with Crippen molar-refractivity contribution in [1.82, 2.24) is 18.9 Å². The molecule has 0 unspecified atom stereocenters. The number of pyridine rings is 1. The van der Waals surface area contributed by atoms with Gasteiger partial charge in [-0.25, -0.2) is 4.31 Å². The maximum absolute atomic E-state index is 12.5. The second-order valence-electron chi connectivity index (χ2n) is 7.72. The molecule has 1 saturated heterocycles. The van der Waals surface area contributed by atoms with Gasteiger partial charge in [0.05, 0.1) is 0 Å². The molecule has 32 heavy (non-hydrogen) atoms. The van der Waals surface area contributed by atoms with Gasteiger partial charge in [-0.15, -0.1) is 23.4 Å². The van der Waals surface area contributed by atoms with Crippen molar-refractivity contribution in [2.75, 3.05) is 17.8 Å². The number of ether oxygens (including phenoxy) is 2. The van der Waals surface area contributed by atoms with E-state index >= 15 is 0 Å². The quantitative estimate of drug-likeness (QED) is 0.427. The highest BCUT2D eigenvalue weighted by Crippen LogP contribution is 2.42. The Morgan fingerprint density at radius 1 is 1.12 bits per heavy atom. The summed E-state index contributed by atoms with van der Waals surface area (Å²) >= 11 is 7.45. The Morgan fingerprint density at radius 2 is 1.91 bits per heavy atom. The summed E-state index contributed by atoms with van der Waals surface area (Å²) in [4.78, 5) is 0. The lowest BCUT2D eigenvalue weighted by Crippen LogP contribution is -2.31. The normalized spacial score (nSPS) is 16.8. The summed E-state index contributed by atoms with van der Waals surface area (Å²) in [7, 11) is 0. The van der Waals surface area contributed by atoms with Crippen LogP contribution in [-0.2, 0) is 6.61 Å². The van der Waals surface area contributed by atoms with Gasteiger partial charge in [-0.3, -0.25) is 9.12 Å². The maximum Gasteiger partial charge on any atom is 0.573 e. The lowest BCUT2D eigenvalue weighted by molar-refractivity contribution is -0.274. The molecule has 1 aliphatic heterocycles. The van der Waals surface area contributed by atoms with E-state index in [0.717, 1.165) is 43.1 Å². The van der Waals surface area contributed by atoms with E-state index in [-0.39, 0.29) is 17.4 Å². The SMILES string of the molecule is FC(F)(F)Oc1cc(Cl)cc(OCc2cc3nnc(NSN4CCC4)n3cc2C2CC2)c1. The maximum atomic E-state index is 12.5. The third-order valence-electron chi connectivity index (χ3n) is 5.24. The minimum atomic E-state index is -4.81. The van der Waals surface area contributed by atoms with Gasteiger partial charge >= 0.3 is 6.36 Å². The number of hydrogen-bond acceptors (Lipinski definition) is 7. The molecule has 0 amide bonds. The molecule has 0 atom stereocenters. The average molecular weight is 486 g/mol. The summed E-state index contributed by atoms with van der Waals surface area (Å²) < 4.78 is 54.8. The lowest BCUT2D eigenvalue weighted by Gasteiger charge is -2.28. The van der Waals surface area contributed by atoms with Crippen molar-refractivity contribution in [3.8, 4) is 11.5 Å². The zero-order valence-electron chi connectivity index (χ0n) is 16.7. The highest BCUT2D eigenvalue weighted by molar-refractivity contribution is 7.98. The van der Waals surface area contributed by atoms with Gasteiger partial charge in [0.2, 0.25) is 5.95 Å². The van der Waals surface area contributed by atoms with Gasteiger partial charge in [0.25, 0.3) is 0 Å². The van der Waals surface area contributed by atoms with E-state index < -0.39 is 12.1 Å². The molecule has 3 heterocycles. The smallest absolute Gasteiger partial charge is 0.489 e.